The zero-order valence-corrected chi connectivity index (χ0v) is 19.5. The number of nitrogens with one attached hydrogen (secondary N) is 1. The number of unbranched alkanes of at least 4 members (excludes halogenated alkanes) is 18. The van der Waals surface area contributed by atoms with Crippen LogP contribution in [0, 0.1) is 0 Å². The molecule has 0 amide bonds. The molecule has 170 valence electrons. The topological polar surface area (TPSA) is 49.3 Å². The lowest BCUT2D eigenvalue weighted by Gasteiger charge is -2.05. The third-order valence-electron chi connectivity index (χ3n) is 5.41. The van der Waals surface area contributed by atoms with Crippen LogP contribution in [0.1, 0.15) is 142 Å². The molecule has 0 heterocycles. The summed E-state index contributed by atoms with van der Waals surface area (Å²) in [4.78, 5) is 8.36. The van der Waals surface area contributed by atoms with E-state index in [0.717, 1.165) is 0 Å². The van der Waals surface area contributed by atoms with E-state index in [1.54, 1.807) is 0 Å². The van der Waals surface area contributed by atoms with Gasteiger partial charge in [-0.2, -0.15) is 0 Å². The van der Waals surface area contributed by atoms with E-state index >= 15 is 0 Å². The van der Waals surface area contributed by atoms with Gasteiger partial charge in [0, 0.05) is 0 Å². The molecule has 0 aromatic carbocycles. The first-order valence-electron chi connectivity index (χ1n) is 12.6. The van der Waals surface area contributed by atoms with Crippen LogP contribution in [0.3, 0.4) is 0 Å². The second-order valence-corrected chi connectivity index (χ2v) is 8.22. The minimum absolute atomic E-state index is 0.250. The average Bonchev–Trinajstić information content (AvgIpc) is 2.70. The zero-order chi connectivity index (χ0) is 21.0. The molecule has 0 aliphatic carbocycles. The summed E-state index contributed by atoms with van der Waals surface area (Å²) in [5, 5.41) is 10.5. The Morgan fingerprint density at radius 2 is 0.714 bits per heavy atom. The van der Waals surface area contributed by atoms with Crippen LogP contribution in [0.4, 0.5) is 0 Å². The Kier molecular flexibility index (Phi) is 32.9. The monoisotopic (exact) mass is 399 g/mol. The quantitative estimate of drug-likeness (QED) is 0.143. The molecule has 28 heavy (non-hydrogen) atoms. The number of carboxylic acid groups (broad SMARTS) is 1. The lowest BCUT2D eigenvalue weighted by Crippen LogP contribution is -2.16. The van der Waals surface area contributed by atoms with Gasteiger partial charge in [0.05, 0.1) is 0 Å². The molecule has 0 rings (SSSR count). The van der Waals surface area contributed by atoms with Gasteiger partial charge in [0.25, 0.3) is 6.47 Å². The maximum absolute atomic E-state index is 8.36. The highest BCUT2D eigenvalue weighted by Gasteiger charge is 1.94. The van der Waals surface area contributed by atoms with Crippen molar-refractivity contribution in [2.24, 2.45) is 0 Å². The van der Waals surface area contributed by atoms with Crippen LogP contribution in [0.15, 0.2) is 0 Å². The van der Waals surface area contributed by atoms with Crippen molar-refractivity contribution in [1.29, 1.82) is 0 Å². The molecule has 0 saturated heterocycles. The van der Waals surface area contributed by atoms with Crippen LogP contribution < -0.4 is 5.32 Å². The SMILES string of the molecule is CCCCCCCCCCCCNCCCCCCCCCCCC.O=CO. The number of hydrogen-bond donors (Lipinski definition) is 2. The number of carbonyl (C=O) groups is 1. The van der Waals surface area contributed by atoms with Crippen molar-refractivity contribution in [2.45, 2.75) is 142 Å². The Morgan fingerprint density at radius 1 is 0.500 bits per heavy atom. The summed E-state index contributed by atoms with van der Waals surface area (Å²) in [5.41, 5.74) is 0. The summed E-state index contributed by atoms with van der Waals surface area (Å²) >= 11 is 0. The highest BCUT2D eigenvalue weighted by molar-refractivity contribution is 5.32. The van der Waals surface area contributed by atoms with Gasteiger partial charge in [0.1, 0.15) is 0 Å². The van der Waals surface area contributed by atoms with Gasteiger partial charge in [-0.1, -0.05) is 129 Å². The maximum atomic E-state index is 8.36. The van der Waals surface area contributed by atoms with Crippen LogP contribution in [-0.2, 0) is 4.79 Å². The van der Waals surface area contributed by atoms with Crippen molar-refractivity contribution >= 4 is 6.47 Å². The molecule has 0 aromatic rings. The largest absolute Gasteiger partial charge is 0.483 e. The Bertz CT molecular complexity index is 237. The van der Waals surface area contributed by atoms with Gasteiger partial charge in [0.2, 0.25) is 0 Å². The normalized spacial score (nSPS) is 10.5. The average molecular weight is 400 g/mol. The molecule has 0 unspecified atom stereocenters. The van der Waals surface area contributed by atoms with Gasteiger partial charge in [-0.3, -0.25) is 4.79 Å². The molecule has 0 atom stereocenters. The summed E-state index contributed by atoms with van der Waals surface area (Å²) in [6.07, 6.45) is 28.8. The van der Waals surface area contributed by atoms with E-state index in [1.165, 1.54) is 142 Å². The van der Waals surface area contributed by atoms with Crippen molar-refractivity contribution in [3.8, 4) is 0 Å². The molecule has 0 bridgehead atoms. The summed E-state index contributed by atoms with van der Waals surface area (Å²) in [6, 6.07) is 0. The van der Waals surface area contributed by atoms with Crippen LogP contribution in [0.5, 0.6) is 0 Å². The lowest BCUT2D eigenvalue weighted by atomic mass is 10.1. The van der Waals surface area contributed by atoms with Gasteiger partial charge in [-0.25, -0.2) is 0 Å². The van der Waals surface area contributed by atoms with Crippen molar-refractivity contribution in [3.63, 3.8) is 0 Å². The fraction of sp³-hybridized carbons (Fsp3) is 0.960. The second kappa shape index (κ2) is 31.1. The number of rotatable bonds is 22. The van der Waals surface area contributed by atoms with Gasteiger partial charge < -0.3 is 10.4 Å². The maximum Gasteiger partial charge on any atom is 0.290 e. The van der Waals surface area contributed by atoms with E-state index < -0.39 is 0 Å². The fourth-order valence-electron chi connectivity index (χ4n) is 3.60. The van der Waals surface area contributed by atoms with Gasteiger partial charge >= 0.3 is 0 Å². The predicted octanol–water partition coefficient (Wildman–Crippen LogP) is 8.12. The lowest BCUT2D eigenvalue weighted by molar-refractivity contribution is -0.122. The highest BCUT2D eigenvalue weighted by atomic mass is 16.3. The molecule has 0 aliphatic heterocycles. The van der Waals surface area contributed by atoms with Crippen LogP contribution >= 0.6 is 0 Å². The summed E-state index contributed by atoms with van der Waals surface area (Å²) in [6.45, 7) is 6.83. The van der Waals surface area contributed by atoms with Crippen LogP contribution in [-0.4, -0.2) is 24.7 Å². The van der Waals surface area contributed by atoms with E-state index in [4.69, 9.17) is 9.90 Å². The molecule has 3 nitrogen and oxygen atoms in total. The molecular weight excluding hydrogens is 346 g/mol. The third kappa shape index (κ3) is 33.0. The Morgan fingerprint density at radius 3 is 0.964 bits per heavy atom. The van der Waals surface area contributed by atoms with E-state index in [-0.39, 0.29) is 6.47 Å². The molecule has 2 N–H and O–H groups in total. The molecule has 0 aromatic heterocycles. The smallest absolute Gasteiger partial charge is 0.290 e. The molecule has 3 heteroatoms. The van der Waals surface area contributed by atoms with Crippen molar-refractivity contribution in [1.82, 2.24) is 5.32 Å². The van der Waals surface area contributed by atoms with Crippen molar-refractivity contribution in [2.75, 3.05) is 13.1 Å². The van der Waals surface area contributed by atoms with E-state index in [0.29, 0.717) is 0 Å². The zero-order valence-electron chi connectivity index (χ0n) is 19.5. The molecular formula is C25H53NO2. The summed E-state index contributed by atoms with van der Waals surface area (Å²) < 4.78 is 0. The second-order valence-electron chi connectivity index (χ2n) is 8.22. The Labute approximate surface area is 177 Å². The fourth-order valence-corrected chi connectivity index (χ4v) is 3.60. The molecule has 0 radical (unpaired) electrons. The standard InChI is InChI=1S/C24H51N.CH2O2/c1-3-5-7-9-11-13-15-17-19-21-23-25-24-22-20-18-16-14-12-10-8-6-4-2;2-1-3/h25H,3-24H2,1-2H3;1H,(H,2,3). The predicted molar refractivity (Wildman–Crippen MR) is 125 cm³/mol. The van der Waals surface area contributed by atoms with E-state index in [2.05, 4.69) is 19.2 Å². The molecule has 0 aliphatic rings. The van der Waals surface area contributed by atoms with Crippen molar-refractivity contribution < 1.29 is 9.90 Å². The summed E-state index contributed by atoms with van der Waals surface area (Å²) in [7, 11) is 0. The van der Waals surface area contributed by atoms with Crippen LogP contribution in [0.2, 0.25) is 0 Å². The van der Waals surface area contributed by atoms with Crippen molar-refractivity contribution in [3.05, 3.63) is 0 Å². The summed E-state index contributed by atoms with van der Waals surface area (Å²) in [5.74, 6) is 0. The Balaban J connectivity index is 0. The first-order chi connectivity index (χ1) is 13.8. The molecule has 0 fully saturated rings. The van der Waals surface area contributed by atoms with Gasteiger partial charge in [0.15, 0.2) is 0 Å². The van der Waals surface area contributed by atoms with E-state index in [9.17, 15) is 0 Å². The first kappa shape index (κ1) is 29.6. The first-order valence-corrected chi connectivity index (χ1v) is 12.6. The third-order valence-corrected chi connectivity index (χ3v) is 5.41. The van der Waals surface area contributed by atoms with Gasteiger partial charge in [-0.15, -0.1) is 0 Å². The van der Waals surface area contributed by atoms with Crippen LogP contribution in [0.25, 0.3) is 0 Å². The highest BCUT2D eigenvalue weighted by Crippen LogP contribution is 2.11. The minimum Gasteiger partial charge on any atom is -0.483 e. The minimum atomic E-state index is -0.250. The van der Waals surface area contributed by atoms with Gasteiger partial charge in [-0.05, 0) is 25.9 Å². The van der Waals surface area contributed by atoms with E-state index in [1.807, 2.05) is 0 Å². The Hall–Kier alpha value is -0.570. The number of hydrogen-bond acceptors (Lipinski definition) is 2. The molecule has 0 spiro atoms. The molecule has 0 saturated carbocycles.